The van der Waals surface area contributed by atoms with Crippen molar-refractivity contribution in [3.63, 3.8) is 0 Å². The number of nitrogens with zero attached hydrogens (tertiary/aromatic N) is 2. The van der Waals surface area contributed by atoms with E-state index in [-0.39, 0.29) is 11.8 Å². The Morgan fingerprint density at radius 2 is 1.50 bits per heavy atom. The highest BCUT2D eigenvalue weighted by Gasteiger charge is 2.25. The first-order valence-electron chi connectivity index (χ1n) is 9.55. The number of aromatic amines is 1. The molecule has 1 N–H and O–H groups in total. The third-order valence-corrected chi connectivity index (χ3v) is 5.14. The highest BCUT2D eigenvalue weighted by atomic mass is 16.2. The van der Waals surface area contributed by atoms with Gasteiger partial charge in [-0.2, -0.15) is 0 Å². The first kappa shape index (κ1) is 18.0. The number of amides is 2. The van der Waals surface area contributed by atoms with Crippen LogP contribution in [-0.2, 0) is 11.2 Å². The topological polar surface area (TPSA) is 56.4 Å². The summed E-state index contributed by atoms with van der Waals surface area (Å²) in [7, 11) is 0. The molecule has 5 heteroatoms. The molecule has 1 saturated heterocycles. The summed E-state index contributed by atoms with van der Waals surface area (Å²) in [4.78, 5) is 32.1. The molecule has 0 radical (unpaired) electrons. The van der Waals surface area contributed by atoms with Crippen LogP contribution in [0, 0.1) is 0 Å². The molecule has 2 aromatic carbocycles. The van der Waals surface area contributed by atoms with Crippen molar-refractivity contribution in [2.75, 3.05) is 26.2 Å². The Bertz CT molecular complexity index is 943. The number of carbonyl (C=O) groups excluding carboxylic acids is 2. The molecule has 0 bridgehead atoms. The lowest BCUT2D eigenvalue weighted by atomic mass is 10.0. The second-order valence-electron chi connectivity index (χ2n) is 6.99. The average molecular weight is 373 g/mol. The molecule has 2 amide bonds. The van der Waals surface area contributed by atoms with Gasteiger partial charge >= 0.3 is 0 Å². The highest BCUT2D eigenvalue weighted by molar-refractivity contribution is 5.95. The fourth-order valence-electron chi connectivity index (χ4n) is 3.56. The molecule has 1 aliphatic rings. The molecule has 2 heterocycles. The zero-order valence-corrected chi connectivity index (χ0v) is 15.7. The Morgan fingerprint density at radius 3 is 2.21 bits per heavy atom. The lowest BCUT2D eigenvalue weighted by molar-refractivity contribution is -0.132. The van der Waals surface area contributed by atoms with Gasteiger partial charge in [-0.1, -0.05) is 42.5 Å². The summed E-state index contributed by atoms with van der Waals surface area (Å²) in [5, 5.41) is 0. The molecule has 0 unspecified atom stereocenters. The van der Waals surface area contributed by atoms with Crippen LogP contribution in [0.4, 0.5) is 0 Å². The predicted molar refractivity (Wildman–Crippen MR) is 109 cm³/mol. The zero-order chi connectivity index (χ0) is 19.3. The molecule has 0 saturated carbocycles. The molecular formula is C23H23N3O2. The van der Waals surface area contributed by atoms with Crippen LogP contribution in [-0.4, -0.2) is 52.8 Å². The number of piperazine rings is 1. The number of hydrogen-bond donors (Lipinski definition) is 1. The number of H-pyrrole nitrogens is 1. The van der Waals surface area contributed by atoms with Gasteiger partial charge in [0, 0.05) is 43.6 Å². The molecular weight excluding hydrogens is 350 g/mol. The number of carbonyl (C=O) groups is 2. The van der Waals surface area contributed by atoms with Gasteiger partial charge in [0.2, 0.25) is 5.91 Å². The van der Waals surface area contributed by atoms with E-state index >= 15 is 0 Å². The van der Waals surface area contributed by atoms with E-state index < -0.39 is 0 Å². The molecule has 0 aliphatic carbocycles. The summed E-state index contributed by atoms with van der Waals surface area (Å²) >= 11 is 0. The number of benzene rings is 2. The van der Waals surface area contributed by atoms with Crippen LogP contribution < -0.4 is 0 Å². The number of aromatic nitrogens is 1. The summed E-state index contributed by atoms with van der Waals surface area (Å²) < 4.78 is 0. The normalized spacial score (nSPS) is 14.1. The Labute approximate surface area is 164 Å². The SMILES string of the molecule is O=C(Cc1ccc[nH]1)N1CCN(C(=O)c2cccc(-c3ccccc3)c2)CC1. The van der Waals surface area contributed by atoms with Crippen LogP contribution in [0.3, 0.4) is 0 Å². The number of hydrogen-bond acceptors (Lipinski definition) is 2. The fraction of sp³-hybridized carbons (Fsp3) is 0.217. The molecule has 3 aromatic rings. The lowest BCUT2D eigenvalue weighted by Crippen LogP contribution is -2.51. The van der Waals surface area contributed by atoms with Gasteiger partial charge in [0.05, 0.1) is 6.42 Å². The summed E-state index contributed by atoms with van der Waals surface area (Å²) in [6.45, 7) is 2.27. The number of rotatable bonds is 4. The summed E-state index contributed by atoms with van der Waals surface area (Å²) in [5.41, 5.74) is 3.73. The summed E-state index contributed by atoms with van der Waals surface area (Å²) in [6.07, 6.45) is 2.20. The quantitative estimate of drug-likeness (QED) is 0.763. The van der Waals surface area contributed by atoms with Gasteiger partial charge in [-0.25, -0.2) is 0 Å². The molecule has 28 heavy (non-hydrogen) atoms. The standard InChI is InChI=1S/C23H23N3O2/c27-22(17-21-10-5-11-24-21)25-12-14-26(15-13-25)23(28)20-9-4-8-19(16-20)18-6-2-1-3-7-18/h1-11,16,24H,12-15,17H2. The molecule has 0 atom stereocenters. The molecule has 5 nitrogen and oxygen atoms in total. The van der Waals surface area contributed by atoms with Gasteiger partial charge in [-0.05, 0) is 35.4 Å². The van der Waals surface area contributed by atoms with Crippen molar-refractivity contribution in [3.05, 3.63) is 84.2 Å². The van der Waals surface area contributed by atoms with Crippen molar-refractivity contribution in [1.29, 1.82) is 0 Å². The largest absolute Gasteiger partial charge is 0.365 e. The molecule has 1 fully saturated rings. The van der Waals surface area contributed by atoms with E-state index in [2.05, 4.69) is 4.98 Å². The van der Waals surface area contributed by atoms with Gasteiger partial charge in [0.15, 0.2) is 0 Å². The van der Waals surface area contributed by atoms with Gasteiger partial charge in [0.25, 0.3) is 5.91 Å². The number of nitrogens with one attached hydrogen (secondary N) is 1. The van der Waals surface area contributed by atoms with E-state index in [0.717, 1.165) is 16.8 Å². The Hall–Kier alpha value is -3.34. The van der Waals surface area contributed by atoms with Crippen molar-refractivity contribution in [2.24, 2.45) is 0 Å². The third-order valence-electron chi connectivity index (χ3n) is 5.14. The van der Waals surface area contributed by atoms with Gasteiger partial charge < -0.3 is 14.8 Å². The first-order chi connectivity index (χ1) is 13.7. The molecule has 1 aliphatic heterocycles. The predicted octanol–water partition coefficient (Wildman–Crippen LogP) is 3.21. The van der Waals surface area contributed by atoms with E-state index in [1.165, 1.54) is 0 Å². The Kier molecular flexibility index (Phi) is 5.24. The van der Waals surface area contributed by atoms with Crippen molar-refractivity contribution >= 4 is 11.8 Å². The minimum Gasteiger partial charge on any atom is -0.365 e. The second kappa shape index (κ2) is 8.13. The lowest BCUT2D eigenvalue weighted by Gasteiger charge is -2.35. The maximum Gasteiger partial charge on any atom is 0.253 e. The van der Waals surface area contributed by atoms with E-state index in [1.807, 2.05) is 82.7 Å². The maximum absolute atomic E-state index is 12.9. The van der Waals surface area contributed by atoms with Crippen LogP contribution in [0.1, 0.15) is 16.1 Å². The van der Waals surface area contributed by atoms with Gasteiger partial charge in [-0.15, -0.1) is 0 Å². The van der Waals surface area contributed by atoms with Gasteiger partial charge in [0.1, 0.15) is 0 Å². The molecule has 4 rings (SSSR count). The van der Waals surface area contributed by atoms with E-state index in [4.69, 9.17) is 0 Å². The highest BCUT2D eigenvalue weighted by Crippen LogP contribution is 2.21. The van der Waals surface area contributed by atoms with Crippen LogP contribution in [0.15, 0.2) is 72.9 Å². The molecule has 1 aromatic heterocycles. The van der Waals surface area contributed by atoms with Crippen molar-refractivity contribution in [3.8, 4) is 11.1 Å². The minimum absolute atomic E-state index is 0.0225. The van der Waals surface area contributed by atoms with Crippen LogP contribution in [0.25, 0.3) is 11.1 Å². The van der Waals surface area contributed by atoms with E-state index in [0.29, 0.717) is 38.2 Å². The van der Waals surface area contributed by atoms with E-state index in [9.17, 15) is 9.59 Å². The van der Waals surface area contributed by atoms with Crippen LogP contribution in [0.2, 0.25) is 0 Å². The average Bonchev–Trinajstić information content (AvgIpc) is 3.27. The van der Waals surface area contributed by atoms with Crippen LogP contribution >= 0.6 is 0 Å². The van der Waals surface area contributed by atoms with Crippen molar-refractivity contribution < 1.29 is 9.59 Å². The molecule has 0 spiro atoms. The van der Waals surface area contributed by atoms with Crippen molar-refractivity contribution in [1.82, 2.24) is 14.8 Å². The Balaban J connectivity index is 1.38. The van der Waals surface area contributed by atoms with Gasteiger partial charge in [-0.3, -0.25) is 9.59 Å². The smallest absolute Gasteiger partial charge is 0.253 e. The summed E-state index contributed by atoms with van der Waals surface area (Å²) in [5.74, 6) is 0.120. The first-order valence-corrected chi connectivity index (χ1v) is 9.55. The fourth-order valence-corrected chi connectivity index (χ4v) is 3.56. The second-order valence-corrected chi connectivity index (χ2v) is 6.99. The minimum atomic E-state index is 0.0225. The van der Waals surface area contributed by atoms with Crippen molar-refractivity contribution in [2.45, 2.75) is 6.42 Å². The summed E-state index contributed by atoms with van der Waals surface area (Å²) in [6, 6.07) is 21.6. The Morgan fingerprint density at radius 1 is 0.786 bits per heavy atom. The monoisotopic (exact) mass is 373 g/mol. The maximum atomic E-state index is 12.9. The van der Waals surface area contributed by atoms with E-state index in [1.54, 1.807) is 0 Å². The molecule has 142 valence electrons. The third kappa shape index (κ3) is 3.98. The van der Waals surface area contributed by atoms with Crippen LogP contribution in [0.5, 0.6) is 0 Å². The zero-order valence-electron chi connectivity index (χ0n) is 15.7.